The number of nitro groups is 1. The number of aldehydes is 1. The zero-order valence-electron chi connectivity index (χ0n) is 15.5. The minimum absolute atomic E-state index is 0.0566. The number of allylic oxidation sites excluding steroid dienone is 1. The van der Waals surface area contributed by atoms with E-state index in [1.165, 1.54) is 0 Å². The molecule has 1 aromatic heterocycles. The van der Waals surface area contributed by atoms with Crippen LogP contribution in [0.3, 0.4) is 0 Å². The summed E-state index contributed by atoms with van der Waals surface area (Å²) < 4.78 is 24.2. The van der Waals surface area contributed by atoms with E-state index in [1.807, 2.05) is 0 Å². The lowest BCUT2D eigenvalue weighted by Gasteiger charge is -2.05. The van der Waals surface area contributed by atoms with Gasteiger partial charge in [-0.3, -0.25) is 29.1 Å². The number of nitrogens with zero attached hydrogens (tertiary/aromatic N) is 2. The highest BCUT2D eigenvalue weighted by Crippen LogP contribution is 2.31. The molecule has 0 amide bonds. The van der Waals surface area contributed by atoms with E-state index >= 15 is 0 Å². The lowest BCUT2D eigenvalue weighted by Crippen LogP contribution is -2.13. The molecule has 0 bridgehead atoms. The Morgan fingerprint density at radius 1 is 1.37 bits per heavy atom. The van der Waals surface area contributed by atoms with Crippen LogP contribution in [0.5, 0.6) is 5.88 Å². The number of aliphatic carboxylic acids is 1. The molecule has 1 heterocycles. The Morgan fingerprint density at radius 3 is 2.57 bits per heavy atom. The number of carbonyl (C=O) groups excluding carboxylic acids is 1. The van der Waals surface area contributed by atoms with Crippen molar-refractivity contribution < 1.29 is 33.1 Å². The molecule has 11 nitrogen and oxygen atoms in total. The molecule has 2 aromatic rings. The first kappa shape index (κ1) is 23.0. The molecule has 30 heavy (non-hydrogen) atoms. The first-order valence-electron chi connectivity index (χ1n) is 8.25. The van der Waals surface area contributed by atoms with E-state index in [0.717, 1.165) is 35.1 Å². The Hall–Kier alpha value is -3.32. The molecule has 0 saturated heterocycles. The zero-order chi connectivity index (χ0) is 22.6. The molecule has 0 atom stereocenters. The van der Waals surface area contributed by atoms with Crippen LogP contribution >= 0.6 is 11.3 Å². The summed E-state index contributed by atoms with van der Waals surface area (Å²) in [6, 6.07) is 3.02. The van der Waals surface area contributed by atoms with Crippen molar-refractivity contribution in [1.82, 2.24) is 4.57 Å². The van der Waals surface area contributed by atoms with Gasteiger partial charge in [-0.25, -0.2) is 8.42 Å². The molecular formula is C17H16N2O9S2. The van der Waals surface area contributed by atoms with Crippen LogP contribution in [0.4, 0.5) is 5.69 Å². The van der Waals surface area contributed by atoms with E-state index < -0.39 is 37.2 Å². The summed E-state index contributed by atoms with van der Waals surface area (Å²) in [5.41, 5.74) is -1.08. The van der Waals surface area contributed by atoms with Gasteiger partial charge in [-0.1, -0.05) is 11.3 Å². The number of hydrogen-bond acceptors (Lipinski definition) is 9. The van der Waals surface area contributed by atoms with E-state index in [2.05, 4.69) is 0 Å². The van der Waals surface area contributed by atoms with Crippen molar-refractivity contribution in [3.05, 3.63) is 48.4 Å². The maximum Gasteiger partial charge on any atom is 0.310 e. The van der Waals surface area contributed by atoms with Crippen molar-refractivity contribution in [2.75, 3.05) is 6.26 Å². The molecule has 13 heteroatoms. The van der Waals surface area contributed by atoms with Crippen molar-refractivity contribution in [3.8, 4) is 5.88 Å². The minimum atomic E-state index is -3.73. The van der Waals surface area contributed by atoms with Gasteiger partial charge in [-0.15, -0.1) is 0 Å². The highest BCUT2D eigenvalue weighted by molar-refractivity contribution is 7.90. The number of benzene rings is 1. The number of rotatable bonds is 9. The van der Waals surface area contributed by atoms with Crippen LogP contribution in [-0.2, 0) is 26.0 Å². The molecule has 0 aliphatic heterocycles. The third kappa shape index (κ3) is 5.18. The van der Waals surface area contributed by atoms with Gasteiger partial charge in [0.1, 0.15) is 0 Å². The van der Waals surface area contributed by atoms with Gasteiger partial charge in [-0.2, -0.15) is 0 Å². The molecule has 0 fully saturated rings. The van der Waals surface area contributed by atoms with E-state index in [9.17, 15) is 38.0 Å². The number of carbonyl (C=O) groups is 2. The van der Waals surface area contributed by atoms with E-state index in [4.69, 9.17) is 5.11 Å². The molecule has 0 spiro atoms. The highest BCUT2D eigenvalue weighted by atomic mass is 32.2. The second kappa shape index (κ2) is 9.00. The fourth-order valence-electron chi connectivity index (χ4n) is 2.55. The van der Waals surface area contributed by atoms with Gasteiger partial charge in [0.05, 0.1) is 20.3 Å². The molecule has 0 radical (unpaired) electrons. The molecule has 2 N–H and O–H groups in total. The summed E-state index contributed by atoms with van der Waals surface area (Å²) in [7, 11) is -3.73. The maximum absolute atomic E-state index is 12.1. The third-order valence-electron chi connectivity index (χ3n) is 3.98. The topological polar surface area (TPSA) is 174 Å². The molecule has 160 valence electrons. The van der Waals surface area contributed by atoms with Crippen molar-refractivity contribution in [2.24, 2.45) is 0 Å². The normalized spacial score (nSPS) is 12.0. The van der Waals surface area contributed by atoms with Crippen LogP contribution < -0.4 is 4.87 Å². The van der Waals surface area contributed by atoms with Crippen LogP contribution in [0.2, 0.25) is 0 Å². The smallest absolute Gasteiger partial charge is 0.310 e. The van der Waals surface area contributed by atoms with Crippen LogP contribution in [0, 0.1) is 10.1 Å². The quantitative estimate of drug-likeness (QED) is 0.245. The predicted octanol–water partition coefficient (Wildman–Crippen LogP) is 1.53. The van der Waals surface area contributed by atoms with Gasteiger partial charge < -0.3 is 10.2 Å². The van der Waals surface area contributed by atoms with Gasteiger partial charge in [0.15, 0.2) is 16.1 Å². The largest absolute Gasteiger partial charge is 0.493 e. The average Bonchev–Trinajstić information content (AvgIpc) is 2.91. The number of sulfone groups is 1. The molecule has 1 aromatic carbocycles. The standard InChI is InChI=1S/C17H16N2O9S2/c1-30(27,28)11-4-5-12(13(8-11)19(25)26)10(9-20)7-14-16(23)18(17(24)29-14)6-2-3-15(21)22/h4-5,7-9,23H,2-3,6H2,1H3,(H,21,22)/b10-7+. The lowest BCUT2D eigenvalue weighted by atomic mass is 10.0. The SMILES string of the molecule is CS(=O)(=O)c1ccc(/C(C=O)=C/c2sc(=O)n(CCCC(=O)O)c2O)c([N+](=O)[O-])c1. The van der Waals surface area contributed by atoms with Crippen molar-refractivity contribution in [3.63, 3.8) is 0 Å². The van der Waals surface area contributed by atoms with E-state index in [0.29, 0.717) is 11.3 Å². The summed E-state index contributed by atoms with van der Waals surface area (Å²) in [5, 5.41) is 30.3. The third-order valence-corrected chi connectivity index (χ3v) is 6.01. The first-order chi connectivity index (χ1) is 14.0. The average molecular weight is 456 g/mol. The van der Waals surface area contributed by atoms with Gasteiger partial charge in [0.25, 0.3) is 5.69 Å². The molecular weight excluding hydrogens is 440 g/mol. The number of carboxylic acid groups (broad SMARTS) is 1. The summed E-state index contributed by atoms with van der Waals surface area (Å²) in [6.07, 6.45) is 2.10. The minimum Gasteiger partial charge on any atom is -0.493 e. The molecule has 2 rings (SSSR count). The van der Waals surface area contributed by atoms with Crippen LogP contribution in [0.15, 0.2) is 27.9 Å². The number of aromatic nitrogens is 1. The van der Waals surface area contributed by atoms with Gasteiger partial charge in [0.2, 0.25) is 5.88 Å². The second-order valence-corrected chi connectivity index (χ2v) is 9.14. The van der Waals surface area contributed by atoms with Gasteiger partial charge in [-0.05, 0) is 24.6 Å². The van der Waals surface area contributed by atoms with Gasteiger partial charge >= 0.3 is 10.8 Å². The predicted molar refractivity (Wildman–Crippen MR) is 107 cm³/mol. The van der Waals surface area contributed by atoms with Crippen LogP contribution in [-0.4, -0.2) is 46.6 Å². The summed E-state index contributed by atoms with van der Waals surface area (Å²) in [6.45, 7) is -0.0685. The summed E-state index contributed by atoms with van der Waals surface area (Å²) >= 11 is 0.569. The summed E-state index contributed by atoms with van der Waals surface area (Å²) in [5.74, 6) is -1.57. The Morgan fingerprint density at radius 2 is 2.03 bits per heavy atom. The van der Waals surface area contributed by atoms with Crippen molar-refractivity contribution >= 4 is 50.8 Å². The van der Waals surface area contributed by atoms with Crippen LogP contribution in [0.25, 0.3) is 11.6 Å². The first-order valence-corrected chi connectivity index (χ1v) is 11.0. The van der Waals surface area contributed by atoms with Crippen molar-refractivity contribution in [2.45, 2.75) is 24.3 Å². The molecule has 0 saturated carbocycles. The number of thiazole rings is 1. The molecule has 0 aliphatic carbocycles. The Balaban J connectivity index is 2.53. The Bertz CT molecular complexity index is 1210. The zero-order valence-corrected chi connectivity index (χ0v) is 17.1. The number of nitro benzene ring substituents is 1. The fraction of sp³-hybridized carbons (Fsp3) is 0.235. The molecule has 0 aliphatic rings. The van der Waals surface area contributed by atoms with Gasteiger partial charge in [0, 0.05) is 30.9 Å². The Labute approximate surface area is 173 Å². The monoisotopic (exact) mass is 456 g/mol. The van der Waals surface area contributed by atoms with E-state index in [1.54, 1.807) is 0 Å². The number of aromatic hydroxyl groups is 1. The highest BCUT2D eigenvalue weighted by Gasteiger charge is 2.22. The molecule has 0 unspecified atom stereocenters. The fourth-order valence-corrected chi connectivity index (χ4v) is 4.05. The summed E-state index contributed by atoms with van der Waals surface area (Å²) in [4.78, 5) is 43.8. The maximum atomic E-state index is 12.1. The van der Waals surface area contributed by atoms with Crippen LogP contribution in [0.1, 0.15) is 23.3 Å². The lowest BCUT2D eigenvalue weighted by molar-refractivity contribution is -0.385. The number of hydrogen-bond donors (Lipinski definition) is 2. The second-order valence-electron chi connectivity index (χ2n) is 6.13. The Kier molecular flexibility index (Phi) is 6.89. The van der Waals surface area contributed by atoms with Crippen molar-refractivity contribution in [1.29, 1.82) is 0 Å². The van der Waals surface area contributed by atoms with E-state index in [-0.39, 0.29) is 46.6 Å². The number of carboxylic acids is 1.